The van der Waals surface area contributed by atoms with Crippen molar-refractivity contribution in [3.63, 3.8) is 0 Å². The Balaban J connectivity index is 1.82. The van der Waals surface area contributed by atoms with Gasteiger partial charge in [0.05, 0.1) is 5.92 Å². The number of ether oxygens (including phenoxy) is 1. The van der Waals surface area contributed by atoms with Gasteiger partial charge in [-0.25, -0.2) is 4.98 Å². The summed E-state index contributed by atoms with van der Waals surface area (Å²) in [6.45, 7) is 4.53. The number of rotatable bonds is 6. The van der Waals surface area contributed by atoms with E-state index in [0.29, 0.717) is 12.5 Å². The SMILES string of the molecule is Cc1cc(C)cc(C(C=O)c2ccnc(OCc3ccccc3)c2)c1. The maximum atomic E-state index is 11.8. The molecule has 0 aliphatic carbocycles. The zero-order chi connectivity index (χ0) is 17.6. The number of benzene rings is 2. The van der Waals surface area contributed by atoms with Crippen molar-refractivity contribution in [3.05, 3.63) is 94.7 Å². The number of carbonyl (C=O) groups excluding carboxylic acids is 1. The Morgan fingerprint density at radius 1 is 0.960 bits per heavy atom. The minimum Gasteiger partial charge on any atom is -0.473 e. The van der Waals surface area contributed by atoms with E-state index < -0.39 is 0 Å². The summed E-state index contributed by atoms with van der Waals surface area (Å²) in [4.78, 5) is 16.0. The van der Waals surface area contributed by atoms with Crippen LogP contribution in [0.1, 0.15) is 33.7 Å². The van der Waals surface area contributed by atoms with Crippen LogP contribution >= 0.6 is 0 Å². The molecule has 2 aromatic carbocycles. The third kappa shape index (κ3) is 4.32. The third-order valence-corrected chi connectivity index (χ3v) is 4.09. The van der Waals surface area contributed by atoms with Crippen LogP contribution in [0.4, 0.5) is 0 Å². The summed E-state index contributed by atoms with van der Waals surface area (Å²) in [6, 6.07) is 19.9. The van der Waals surface area contributed by atoms with Crippen molar-refractivity contribution >= 4 is 6.29 Å². The van der Waals surface area contributed by atoms with E-state index in [1.165, 1.54) is 0 Å². The average molecular weight is 331 g/mol. The Kier molecular flexibility index (Phi) is 5.24. The minimum atomic E-state index is -0.319. The Morgan fingerprint density at radius 2 is 1.68 bits per heavy atom. The third-order valence-electron chi connectivity index (χ3n) is 4.09. The van der Waals surface area contributed by atoms with E-state index in [-0.39, 0.29) is 5.92 Å². The van der Waals surface area contributed by atoms with Gasteiger partial charge in [-0.1, -0.05) is 59.7 Å². The van der Waals surface area contributed by atoms with E-state index >= 15 is 0 Å². The molecule has 0 amide bonds. The molecule has 25 heavy (non-hydrogen) atoms. The van der Waals surface area contributed by atoms with E-state index in [0.717, 1.165) is 34.1 Å². The topological polar surface area (TPSA) is 39.2 Å². The molecule has 126 valence electrons. The lowest BCUT2D eigenvalue weighted by atomic mass is 9.91. The fourth-order valence-corrected chi connectivity index (χ4v) is 2.97. The van der Waals surface area contributed by atoms with Crippen LogP contribution in [0.25, 0.3) is 0 Å². The predicted octanol–water partition coefficient (Wildman–Crippen LogP) is 4.61. The second kappa shape index (κ2) is 7.75. The lowest BCUT2D eigenvalue weighted by Crippen LogP contribution is -2.05. The standard InChI is InChI=1S/C22H21NO2/c1-16-10-17(2)12-20(11-16)21(14-24)19-8-9-23-22(13-19)25-15-18-6-4-3-5-7-18/h3-14,21H,15H2,1-2H3. The first-order chi connectivity index (χ1) is 12.2. The molecule has 0 fully saturated rings. The Morgan fingerprint density at radius 3 is 2.36 bits per heavy atom. The zero-order valence-corrected chi connectivity index (χ0v) is 14.5. The Hall–Kier alpha value is -2.94. The van der Waals surface area contributed by atoms with Crippen LogP contribution in [0.5, 0.6) is 5.88 Å². The molecule has 0 saturated heterocycles. The van der Waals surface area contributed by atoms with Crippen molar-refractivity contribution in [1.29, 1.82) is 0 Å². The lowest BCUT2D eigenvalue weighted by Gasteiger charge is -2.14. The van der Waals surface area contributed by atoms with Crippen molar-refractivity contribution in [2.75, 3.05) is 0 Å². The minimum absolute atomic E-state index is 0.319. The largest absolute Gasteiger partial charge is 0.473 e. The molecule has 0 spiro atoms. The monoisotopic (exact) mass is 331 g/mol. The summed E-state index contributed by atoms with van der Waals surface area (Å²) < 4.78 is 5.78. The number of aryl methyl sites for hydroxylation is 2. The number of aldehydes is 1. The number of hydrogen-bond acceptors (Lipinski definition) is 3. The molecule has 3 nitrogen and oxygen atoms in total. The van der Waals surface area contributed by atoms with Crippen molar-refractivity contribution in [2.24, 2.45) is 0 Å². The number of pyridine rings is 1. The molecule has 0 aliphatic rings. The average Bonchev–Trinajstić information content (AvgIpc) is 2.61. The fourth-order valence-electron chi connectivity index (χ4n) is 2.97. The summed E-state index contributed by atoms with van der Waals surface area (Å²) in [7, 11) is 0. The Bertz CT molecular complexity index is 839. The van der Waals surface area contributed by atoms with Gasteiger partial charge in [-0.2, -0.15) is 0 Å². The van der Waals surface area contributed by atoms with E-state index in [2.05, 4.69) is 23.2 Å². The van der Waals surface area contributed by atoms with Crippen molar-refractivity contribution in [2.45, 2.75) is 26.4 Å². The fraction of sp³-hybridized carbons (Fsp3) is 0.182. The predicted molar refractivity (Wildman–Crippen MR) is 98.8 cm³/mol. The normalized spacial score (nSPS) is 11.8. The van der Waals surface area contributed by atoms with Crippen molar-refractivity contribution in [3.8, 4) is 5.88 Å². The first kappa shape index (κ1) is 16.9. The highest BCUT2D eigenvalue weighted by atomic mass is 16.5. The van der Waals surface area contributed by atoms with Crippen LogP contribution in [0, 0.1) is 13.8 Å². The summed E-state index contributed by atoms with van der Waals surface area (Å²) in [5.41, 5.74) is 5.26. The van der Waals surface area contributed by atoms with Crippen LogP contribution in [-0.2, 0) is 11.4 Å². The van der Waals surface area contributed by atoms with Crippen LogP contribution < -0.4 is 4.74 Å². The maximum Gasteiger partial charge on any atom is 0.213 e. The van der Waals surface area contributed by atoms with Gasteiger partial charge in [0.25, 0.3) is 0 Å². The number of carbonyl (C=O) groups is 1. The van der Waals surface area contributed by atoms with Crippen LogP contribution in [0.2, 0.25) is 0 Å². The highest BCUT2D eigenvalue weighted by Gasteiger charge is 2.15. The van der Waals surface area contributed by atoms with Crippen molar-refractivity contribution in [1.82, 2.24) is 4.98 Å². The van der Waals surface area contributed by atoms with Gasteiger partial charge in [0.2, 0.25) is 5.88 Å². The molecule has 0 aliphatic heterocycles. The van der Waals surface area contributed by atoms with E-state index in [1.807, 2.05) is 56.3 Å². The second-order valence-electron chi connectivity index (χ2n) is 6.24. The van der Waals surface area contributed by atoms with Crippen LogP contribution in [0.3, 0.4) is 0 Å². The molecular weight excluding hydrogens is 310 g/mol. The smallest absolute Gasteiger partial charge is 0.213 e. The molecule has 3 rings (SSSR count). The molecule has 0 saturated carbocycles. The first-order valence-electron chi connectivity index (χ1n) is 8.32. The second-order valence-corrected chi connectivity index (χ2v) is 6.24. The molecule has 0 bridgehead atoms. The van der Waals surface area contributed by atoms with E-state index in [4.69, 9.17) is 4.74 Å². The van der Waals surface area contributed by atoms with Gasteiger partial charge < -0.3 is 9.53 Å². The molecule has 3 aromatic rings. The molecule has 1 heterocycles. The molecule has 3 heteroatoms. The number of nitrogens with zero attached hydrogens (tertiary/aromatic N) is 1. The summed E-state index contributed by atoms with van der Waals surface area (Å²) in [5, 5.41) is 0. The summed E-state index contributed by atoms with van der Waals surface area (Å²) in [5.74, 6) is 0.207. The van der Waals surface area contributed by atoms with Gasteiger partial charge in [-0.3, -0.25) is 0 Å². The first-order valence-corrected chi connectivity index (χ1v) is 8.32. The van der Waals surface area contributed by atoms with E-state index in [1.54, 1.807) is 6.20 Å². The zero-order valence-electron chi connectivity index (χ0n) is 14.5. The lowest BCUT2D eigenvalue weighted by molar-refractivity contribution is -0.108. The molecule has 0 N–H and O–H groups in total. The van der Waals surface area contributed by atoms with E-state index in [9.17, 15) is 4.79 Å². The highest BCUT2D eigenvalue weighted by molar-refractivity contribution is 5.68. The molecular formula is C22H21NO2. The van der Waals surface area contributed by atoms with Gasteiger partial charge in [0.1, 0.15) is 12.9 Å². The van der Waals surface area contributed by atoms with Gasteiger partial charge in [-0.15, -0.1) is 0 Å². The molecule has 0 radical (unpaired) electrons. The van der Waals surface area contributed by atoms with Gasteiger partial charge in [-0.05, 0) is 36.6 Å². The van der Waals surface area contributed by atoms with Gasteiger partial charge >= 0.3 is 0 Å². The van der Waals surface area contributed by atoms with Gasteiger partial charge in [0, 0.05) is 12.3 Å². The Labute approximate surface area is 148 Å². The highest BCUT2D eigenvalue weighted by Crippen LogP contribution is 2.26. The summed E-state index contributed by atoms with van der Waals surface area (Å²) in [6.07, 6.45) is 2.67. The molecule has 1 unspecified atom stereocenters. The molecule has 1 aromatic heterocycles. The maximum absolute atomic E-state index is 11.8. The summed E-state index contributed by atoms with van der Waals surface area (Å²) >= 11 is 0. The van der Waals surface area contributed by atoms with Crippen molar-refractivity contribution < 1.29 is 9.53 Å². The quantitative estimate of drug-likeness (QED) is 0.619. The number of hydrogen-bond donors (Lipinski definition) is 0. The molecule has 1 atom stereocenters. The number of aromatic nitrogens is 1. The van der Waals surface area contributed by atoms with Crippen LogP contribution in [-0.4, -0.2) is 11.3 Å². The van der Waals surface area contributed by atoms with Crippen LogP contribution in [0.15, 0.2) is 66.9 Å². The van der Waals surface area contributed by atoms with Gasteiger partial charge in [0.15, 0.2) is 0 Å².